The number of hydrogen-bond donors (Lipinski definition) is 2. The fourth-order valence-electron chi connectivity index (χ4n) is 3.64. The van der Waals surface area contributed by atoms with Crippen LogP contribution in [0.15, 0.2) is 53.3 Å². The molecule has 0 spiro atoms. The van der Waals surface area contributed by atoms with E-state index in [-0.39, 0.29) is 40.7 Å². The first-order valence-corrected chi connectivity index (χ1v) is 12.7. The smallest absolute Gasteiger partial charge is 0.243 e. The van der Waals surface area contributed by atoms with Crippen LogP contribution in [-0.4, -0.2) is 70.7 Å². The number of anilines is 1. The van der Waals surface area contributed by atoms with Crippen molar-refractivity contribution in [2.75, 3.05) is 26.1 Å². The van der Waals surface area contributed by atoms with Crippen molar-refractivity contribution in [1.82, 2.24) is 24.7 Å². The zero-order valence-electron chi connectivity index (χ0n) is 21.2. The van der Waals surface area contributed by atoms with Gasteiger partial charge >= 0.3 is 0 Å². The number of aryl methyl sites for hydroxylation is 1. The highest BCUT2D eigenvalue weighted by Crippen LogP contribution is 2.37. The number of rotatable bonds is 10. The van der Waals surface area contributed by atoms with Gasteiger partial charge in [0, 0.05) is 31.4 Å². The Morgan fingerprint density at radius 3 is 2.50 bits per heavy atom. The molecule has 0 unspecified atom stereocenters. The minimum Gasteiger partial charge on any atom is -0.506 e. The van der Waals surface area contributed by atoms with Crippen LogP contribution in [0.25, 0.3) is 11.3 Å². The maximum Gasteiger partial charge on any atom is 0.243 e. The lowest BCUT2D eigenvalue weighted by Gasteiger charge is -2.22. The van der Waals surface area contributed by atoms with Crippen LogP contribution in [0.2, 0.25) is 0 Å². The molecule has 0 amide bonds. The van der Waals surface area contributed by atoms with Gasteiger partial charge in [-0.2, -0.15) is 4.99 Å². The Labute approximate surface area is 218 Å². The standard InChI is InChI=1S/C24H25N7O6S/c1-14-12-26-22(27-13-14)21(37-5)15(2)38(33,34)30-24-29-28-23(16-9-10-25-19(11-16)36-4)31(24)20-17(32)7-6-8-18(20)35-3/h6-8,11-13,15,21,32H,1-5H3,(H,29,30)/t15-,21-/m0/s1. The lowest BCUT2D eigenvalue weighted by Crippen LogP contribution is -2.33. The highest BCUT2D eigenvalue weighted by atomic mass is 32.2. The number of ether oxygens (including phenoxy) is 3. The average molecular weight is 540 g/mol. The number of para-hydroxylation sites is 1. The number of allylic oxidation sites excluding steroid dienone is 2. The number of hydrogen-bond acceptors (Lipinski definition) is 11. The molecule has 0 fully saturated rings. The van der Waals surface area contributed by atoms with E-state index in [1.165, 1.54) is 45.0 Å². The van der Waals surface area contributed by atoms with Crippen molar-refractivity contribution in [2.45, 2.75) is 25.2 Å². The summed E-state index contributed by atoms with van der Waals surface area (Å²) in [5.41, 5.74) is 4.03. The molecule has 4 rings (SSSR count). The van der Waals surface area contributed by atoms with Crippen molar-refractivity contribution >= 4 is 27.4 Å². The Morgan fingerprint density at radius 2 is 1.84 bits per heavy atom. The second-order valence-corrected chi connectivity index (χ2v) is 10.1. The third-order valence-corrected chi connectivity index (χ3v) is 7.31. The van der Waals surface area contributed by atoms with Crippen molar-refractivity contribution in [3.8, 4) is 17.2 Å². The first-order chi connectivity index (χ1) is 18.2. The lowest BCUT2D eigenvalue weighted by molar-refractivity contribution is 0.0949. The first-order valence-electron chi connectivity index (χ1n) is 11.2. The van der Waals surface area contributed by atoms with Crippen LogP contribution in [-0.2, 0) is 19.5 Å². The summed E-state index contributed by atoms with van der Waals surface area (Å²) in [6, 6.07) is 4.59. The Balaban J connectivity index is 1.83. The second-order valence-electron chi connectivity index (χ2n) is 8.09. The first kappa shape index (κ1) is 26.6. The van der Waals surface area contributed by atoms with E-state index in [2.05, 4.69) is 41.5 Å². The SMILES string of the molecule is COC1=CC(c2nnc(NS(=O)(=O)[C@@H](C)[C@H](OC)c3ncc(C)cn3)n2-c2c(O)cccc2OC)=C=C=N1. The van der Waals surface area contributed by atoms with Crippen LogP contribution >= 0.6 is 0 Å². The van der Waals surface area contributed by atoms with Crippen LogP contribution in [0.4, 0.5) is 5.95 Å². The van der Waals surface area contributed by atoms with E-state index in [0.717, 1.165) is 5.56 Å². The van der Waals surface area contributed by atoms with E-state index >= 15 is 0 Å². The van der Waals surface area contributed by atoms with Gasteiger partial charge in [0.25, 0.3) is 0 Å². The van der Waals surface area contributed by atoms with Gasteiger partial charge in [0.15, 0.2) is 11.6 Å². The molecule has 1 aliphatic heterocycles. The van der Waals surface area contributed by atoms with Gasteiger partial charge in [-0.1, -0.05) is 6.07 Å². The van der Waals surface area contributed by atoms with Gasteiger partial charge in [-0.05, 0) is 37.3 Å². The predicted octanol–water partition coefficient (Wildman–Crippen LogP) is 2.31. The number of nitrogens with one attached hydrogen (secondary N) is 1. The molecule has 3 heterocycles. The maximum absolute atomic E-state index is 13.5. The predicted molar refractivity (Wildman–Crippen MR) is 138 cm³/mol. The van der Waals surface area contributed by atoms with E-state index in [4.69, 9.17) is 14.2 Å². The summed E-state index contributed by atoms with van der Waals surface area (Å²) in [5, 5.41) is 17.8. The number of phenols is 1. The molecular formula is C24H25N7O6S. The summed E-state index contributed by atoms with van der Waals surface area (Å²) in [5.74, 6) is 2.89. The molecule has 0 saturated carbocycles. The molecule has 0 saturated heterocycles. The molecular weight excluding hydrogens is 514 g/mol. The number of aromatic nitrogens is 5. The van der Waals surface area contributed by atoms with Crippen molar-refractivity contribution in [2.24, 2.45) is 4.99 Å². The Morgan fingerprint density at radius 1 is 1.11 bits per heavy atom. The highest BCUT2D eigenvalue weighted by molar-refractivity contribution is 7.93. The molecule has 0 radical (unpaired) electrons. The minimum atomic E-state index is -4.18. The van der Waals surface area contributed by atoms with E-state index in [0.29, 0.717) is 5.57 Å². The number of benzene rings is 1. The molecule has 38 heavy (non-hydrogen) atoms. The molecule has 1 aromatic carbocycles. The van der Waals surface area contributed by atoms with Crippen LogP contribution in [0.3, 0.4) is 0 Å². The highest BCUT2D eigenvalue weighted by Gasteiger charge is 2.35. The fraction of sp³-hybridized carbons (Fsp3) is 0.292. The lowest BCUT2D eigenvalue weighted by atomic mass is 10.2. The largest absolute Gasteiger partial charge is 0.506 e. The molecule has 2 atom stereocenters. The van der Waals surface area contributed by atoms with Crippen molar-refractivity contribution < 1.29 is 27.7 Å². The Kier molecular flexibility index (Phi) is 7.60. The molecule has 198 valence electrons. The maximum atomic E-state index is 13.5. The topological polar surface area (TPSA) is 163 Å². The number of aliphatic imine (C=N–C) groups is 1. The van der Waals surface area contributed by atoms with Gasteiger partial charge in [-0.15, -0.1) is 10.2 Å². The Bertz CT molecular complexity index is 1580. The minimum absolute atomic E-state index is 0.0923. The van der Waals surface area contributed by atoms with Gasteiger partial charge < -0.3 is 19.3 Å². The summed E-state index contributed by atoms with van der Waals surface area (Å²) >= 11 is 0. The zero-order valence-corrected chi connectivity index (χ0v) is 22.0. The average Bonchev–Trinajstić information content (AvgIpc) is 3.32. The molecule has 1 aliphatic rings. The van der Waals surface area contributed by atoms with Crippen molar-refractivity contribution in [1.29, 1.82) is 0 Å². The summed E-state index contributed by atoms with van der Waals surface area (Å²) in [6.45, 7) is 3.27. The quantitative estimate of drug-likeness (QED) is 0.366. The number of methoxy groups -OCH3 is 3. The Hall–Kier alpha value is -4.48. The number of phenolic OH excluding ortho intramolecular Hbond substituents is 1. The molecule has 2 N–H and O–H groups in total. The van der Waals surface area contributed by atoms with Crippen molar-refractivity contribution in [3.63, 3.8) is 0 Å². The van der Waals surface area contributed by atoms with Crippen LogP contribution < -0.4 is 9.46 Å². The summed E-state index contributed by atoms with van der Waals surface area (Å²) in [6.07, 6.45) is 3.67. The van der Waals surface area contributed by atoms with Gasteiger partial charge in [-0.3, -0.25) is 9.29 Å². The zero-order chi connectivity index (χ0) is 27.4. The van der Waals surface area contributed by atoms with Gasteiger partial charge in [0.05, 0.1) is 19.8 Å². The molecule has 0 aliphatic carbocycles. The number of sulfonamides is 1. The van der Waals surface area contributed by atoms with Gasteiger partial charge in [0.1, 0.15) is 28.5 Å². The van der Waals surface area contributed by atoms with E-state index in [9.17, 15) is 13.5 Å². The van der Waals surface area contributed by atoms with Crippen LogP contribution in [0, 0.1) is 6.92 Å². The normalized spacial score (nSPS) is 14.4. The fourth-order valence-corrected chi connectivity index (χ4v) is 4.77. The summed E-state index contributed by atoms with van der Waals surface area (Å²) < 4.78 is 46.9. The molecule has 0 bridgehead atoms. The van der Waals surface area contributed by atoms with E-state index < -0.39 is 21.4 Å². The molecule has 3 aromatic rings. The molecule has 13 nitrogen and oxygen atoms in total. The van der Waals surface area contributed by atoms with Gasteiger partial charge in [0.2, 0.25) is 21.9 Å². The summed E-state index contributed by atoms with van der Waals surface area (Å²) in [4.78, 5) is 12.3. The monoisotopic (exact) mass is 539 g/mol. The van der Waals surface area contributed by atoms with Crippen LogP contribution in [0.1, 0.15) is 30.2 Å². The summed E-state index contributed by atoms with van der Waals surface area (Å²) in [7, 11) is 0.0315. The molecule has 2 aromatic heterocycles. The third-order valence-electron chi connectivity index (χ3n) is 5.62. The number of nitrogens with zero attached hydrogens (tertiary/aromatic N) is 6. The third kappa shape index (κ3) is 5.15. The number of aromatic hydroxyl groups is 1. The molecule has 14 heteroatoms. The van der Waals surface area contributed by atoms with E-state index in [1.807, 2.05) is 6.92 Å². The van der Waals surface area contributed by atoms with Crippen molar-refractivity contribution in [3.05, 3.63) is 65.5 Å². The second kappa shape index (κ2) is 10.9. The van der Waals surface area contributed by atoms with Crippen LogP contribution in [0.5, 0.6) is 11.5 Å². The van der Waals surface area contributed by atoms with E-state index in [1.54, 1.807) is 24.5 Å². The van der Waals surface area contributed by atoms with Gasteiger partial charge in [-0.25, -0.2) is 18.4 Å².